The second kappa shape index (κ2) is 7.34. The topological polar surface area (TPSA) is 48.0 Å². The summed E-state index contributed by atoms with van der Waals surface area (Å²) in [6, 6.07) is 8.31. The van der Waals surface area contributed by atoms with Gasteiger partial charge in [-0.25, -0.2) is 0 Å². The van der Waals surface area contributed by atoms with Gasteiger partial charge in [-0.2, -0.15) is 0 Å². The van der Waals surface area contributed by atoms with Crippen LogP contribution in [-0.2, 0) is 19.0 Å². The summed E-state index contributed by atoms with van der Waals surface area (Å²) < 4.78 is 16.8. The van der Waals surface area contributed by atoms with Crippen LogP contribution in [0.1, 0.15) is 45.1 Å². The van der Waals surface area contributed by atoms with Crippen molar-refractivity contribution in [2.75, 3.05) is 31.8 Å². The van der Waals surface area contributed by atoms with Gasteiger partial charge in [-0.05, 0) is 31.4 Å². The molecule has 3 unspecified atom stereocenters. The van der Waals surface area contributed by atoms with E-state index in [1.54, 1.807) is 0 Å². The highest BCUT2D eigenvalue weighted by Gasteiger charge is 2.55. The third kappa shape index (κ3) is 2.83. The second-order valence-corrected chi connectivity index (χ2v) is 6.92. The minimum absolute atomic E-state index is 0.00400. The first-order valence-electron chi connectivity index (χ1n) is 9.26. The maximum atomic E-state index is 12.7. The van der Waals surface area contributed by atoms with Crippen LogP contribution in [0.2, 0.25) is 0 Å². The van der Waals surface area contributed by atoms with Crippen LogP contribution < -0.4 is 4.90 Å². The molecule has 0 aromatic heterocycles. The third-order valence-electron chi connectivity index (χ3n) is 5.97. The molecular weight excluding hydrogens is 318 g/mol. The van der Waals surface area contributed by atoms with Gasteiger partial charge < -0.3 is 19.1 Å². The van der Waals surface area contributed by atoms with Crippen molar-refractivity contribution in [3.8, 4) is 0 Å². The average Bonchev–Trinajstić information content (AvgIpc) is 2.98. The smallest absolute Gasteiger partial charge is 0.315 e. The molecular formula is C20H29NO4. The largest absolute Gasteiger partial charge is 0.468 e. The molecule has 1 aromatic rings. The maximum Gasteiger partial charge on any atom is 0.315 e. The van der Waals surface area contributed by atoms with Gasteiger partial charge in [-0.1, -0.05) is 32.0 Å². The molecule has 0 N–H and O–H groups in total. The fourth-order valence-electron chi connectivity index (χ4n) is 4.66. The number of carbonyl (C=O) groups is 1. The maximum absolute atomic E-state index is 12.7. The summed E-state index contributed by atoms with van der Waals surface area (Å²) in [6.07, 6.45) is 1.71. The Morgan fingerprint density at radius 3 is 2.64 bits per heavy atom. The van der Waals surface area contributed by atoms with Crippen LogP contribution in [0.15, 0.2) is 24.3 Å². The number of hydrogen-bond donors (Lipinski definition) is 0. The molecule has 0 bridgehead atoms. The van der Waals surface area contributed by atoms with E-state index in [0.717, 1.165) is 24.1 Å². The van der Waals surface area contributed by atoms with Crippen LogP contribution in [0.3, 0.4) is 0 Å². The molecule has 5 heteroatoms. The minimum atomic E-state index is -0.309. The Hall–Kier alpha value is -1.59. The van der Waals surface area contributed by atoms with Crippen molar-refractivity contribution in [2.24, 2.45) is 0 Å². The van der Waals surface area contributed by atoms with Crippen LogP contribution in [0, 0.1) is 0 Å². The van der Waals surface area contributed by atoms with E-state index in [0.29, 0.717) is 19.8 Å². The Morgan fingerprint density at radius 1 is 1.32 bits per heavy atom. The fraction of sp³-hybridized carbons (Fsp3) is 0.650. The number of fused-ring (bicyclic) bond motifs is 1. The number of rotatable bonds is 5. The highest BCUT2D eigenvalue weighted by molar-refractivity contribution is 5.87. The van der Waals surface area contributed by atoms with Gasteiger partial charge in [0, 0.05) is 5.69 Å². The molecule has 2 aliphatic rings. The van der Waals surface area contributed by atoms with Crippen LogP contribution in [0.5, 0.6) is 0 Å². The number of hydrogen-bond acceptors (Lipinski definition) is 5. The fourth-order valence-corrected chi connectivity index (χ4v) is 4.66. The van der Waals surface area contributed by atoms with E-state index >= 15 is 0 Å². The van der Waals surface area contributed by atoms with Crippen molar-refractivity contribution < 1.29 is 19.0 Å². The van der Waals surface area contributed by atoms with Crippen molar-refractivity contribution in [1.82, 2.24) is 0 Å². The van der Waals surface area contributed by atoms with E-state index in [-0.39, 0.29) is 29.6 Å². The molecule has 2 aliphatic heterocycles. The lowest BCUT2D eigenvalue weighted by Gasteiger charge is -2.47. The SMILES string of the molecule is CCC1(CC)C(C(=O)OC)c2ccccc2N1C(C)C1COCCO1. The molecule has 1 fully saturated rings. The molecule has 0 radical (unpaired) electrons. The Labute approximate surface area is 150 Å². The number of esters is 1. The van der Waals surface area contributed by atoms with Crippen LogP contribution in [-0.4, -0.2) is 50.6 Å². The van der Waals surface area contributed by atoms with Gasteiger partial charge in [0.2, 0.25) is 0 Å². The van der Waals surface area contributed by atoms with Crippen LogP contribution >= 0.6 is 0 Å². The van der Waals surface area contributed by atoms with Crippen molar-refractivity contribution in [3.05, 3.63) is 29.8 Å². The summed E-state index contributed by atoms with van der Waals surface area (Å²) in [5.74, 6) is -0.442. The molecule has 0 aliphatic carbocycles. The Bertz CT molecular complexity index is 607. The summed E-state index contributed by atoms with van der Waals surface area (Å²) in [6.45, 7) is 8.35. The molecule has 5 nitrogen and oxygen atoms in total. The number of para-hydroxylation sites is 1. The second-order valence-electron chi connectivity index (χ2n) is 6.92. The minimum Gasteiger partial charge on any atom is -0.468 e. The molecule has 25 heavy (non-hydrogen) atoms. The average molecular weight is 347 g/mol. The van der Waals surface area contributed by atoms with Gasteiger partial charge in [0.1, 0.15) is 12.0 Å². The summed E-state index contributed by atoms with van der Waals surface area (Å²) in [5, 5.41) is 0. The first-order chi connectivity index (χ1) is 12.1. The zero-order valence-electron chi connectivity index (χ0n) is 15.7. The van der Waals surface area contributed by atoms with Gasteiger partial charge in [0.05, 0.1) is 38.5 Å². The zero-order valence-corrected chi connectivity index (χ0v) is 15.7. The highest BCUT2D eigenvalue weighted by Crippen LogP contribution is 2.53. The van der Waals surface area contributed by atoms with Crippen molar-refractivity contribution in [3.63, 3.8) is 0 Å². The van der Waals surface area contributed by atoms with Crippen molar-refractivity contribution >= 4 is 11.7 Å². The first-order valence-corrected chi connectivity index (χ1v) is 9.26. The number of benzene rings is 1. The summed E-state index contributed by atoms with van der Waals surface area (Å²) in [7, 11) is 1.48. The number of ether oxygens (including phenoxy) is 3. The normalized spacial score (nSPS) is 26.2. The van der Waals surface area contributed by atoms with E-state index < -0.39 is 0 Å². The number of anilines is 1. The Morgan fingerprint density at radius 2 is 2.04 bits per heavy atom. The molecule has 3 rings (SSSR count). The number of carbonyl (C=O) groups excluding carboxylic acids is 1. The zero-order chi connectivity index (χ0) is 18.0. The molecule has 2 heterocycles. The molecule has 3 atom stereocenters. The first kappa shape index (κ1) is 18.2. The lowest BCUT2D eigenvalue weighted by molar-refractivity contribution is -0.144. The van der Waals surface area contributed by atoms with E-state index in [1.165, 1.54) is 7.11 Å². The van der Waals surface area contributed by atoms with Gasteiger partial charge >= 0.3 is 5.97 Å². The number of nitrogens with zero attached hydrogens (tertiary/aromatic N) is 1. The van der Waals surface area contributed by atoms with E-state index in [9.17, 15) is 4.79 Å². The molecule has 0 saturated carbocycles. The van der Waals surface area contributed by atoms with Gasteiger partial charge in [-0.15, -0.1) is 0 Å². The molecule has 138 valence electrons. The predicted molar refractivity (Wildman–Crippen MR) is 97.0 cm³/mol. The standard InChI is InChI=1S/C20H29NO4/c1-5-20(6-2)18(19(22)23-4)15-9-7-8-10-16(15)21(20)14(3)17-13-24-11-12-25-17/h7-10,14,17-18H,5-6,11-13H2,1-4H3. The number of methoxy groups -OCH3 is 1. The third-order valence-corrected chi connectivity index (χ3v) is 5.97. The Balaban J connectivity index is 2.09. The monoisotopic (exact) mass is 347 g/mol. The van der Waals surface area contributed by atoms with E-state index in [1.807, 2.05) is 12.1 Å². The van der Waals surface area contributed by atoms with E-state index in [2.05, 4.69) is 37.8 Å². The summed E-state index contributed by atoms with van der Waals surface area (Å²) >= 11 is 0. The Kier molecular flexibility index (Phi) is 5.35. The molecule has 0 amide bonds. The van der Waals surface area contributed by atoms with Crippen LogP contribution in [0.4, 0.5) is 5.69 Å². The summed E-state index contributed by atoms with van der Waals surface area (Å²) in [5.41, 5.74) is 1.86. The molecule has 1 saturated heterocycles. The van der Waals surface area contributed by atoms with E-state index in [4.69, 9.17) is 14.2 Å². The van der Waals surface area contributed by atoms with Crippen LogP contribution in [0.25, 0.3) is 0 Å². The van der Waals surface area contributed by atoms with Crippen molar-refractivity contribution in [2.45, 2.75) is 57.2 Å². The summed E-state index contributed by atoms with van der Waals surface area (Å²) in [4.78, 5) is 15.2. The van der Waals surface area contributed by atoms with Gasteiger partial charge in [0.25, 0.3) is 0 Å². The molecule has 1 aromatic carbocycles. The molecule has 0 spiro atoms. The lowest BCUT2D eigenvalue weighted by atomic mass is 9.77. The lowest BCUT2D eigenvalue weighted by Crippen LogP contribution is -2.58. The van der Waals surface area contributed by atoms with Gasteiger partial charge in [0.15, 0.2) is 0 Å². The predicted octanol–water partition coefficient (Wildman–Crippen LogP) is 3.13. The van der Waals surface area contributed by atoms with Crippen molar-refractivity contribution in [1.29, 1.82) is 0 Å². The highest BCUT2D eigenvalue weighted by atomic mass is 16.6. The quantitative estimate of drug-likeness (QED) is 0.766. The van der Waals surface area contributed by atoms with Gasteiger partial charge in [-0.3, -0.25) is 4.79 Å².